The van der Waals surface area contributed by atoms with Gasteiger partial charge >= 0.3 is 0 Å². The van der Waals surface area contributed by atoms with Gasteiger partial charge in [0.25, 0.3) is 6.71 Å². The third-order valence-corrected chi connectivity index (χ3v) is 28.2. The Hall–Kier alpha value is -7.68. The summed E-state index contributed by atoms with van der Waals surface area (Å²) in [5.74, 6) is 0. The van der Waals surface area contributed by atoms with Crippen LogP contribution in [0.1, 0.15) is 0 Å². The molecule has 0 fully saturated rings. The summed E-state index contributed by atoms with van der Waals surface area (Å²) in [6.45, 7) is 15.3. The fourth-order valence-corrected chi connectivity index (χ4v) is 23.5. The van der Waals surface area contributed by atoms with Gasteiger partial charge in [-0.1, -0.05) is 203 Å². The highest BCUT2D eigenvalue weighted by Gasteiger charge is 2.51. The molecule has 0 radical (unpaired) electrons. The highest BCUT2D eigenvalue weighted by molar-refractivity contribution is 7.06. The Morgan fingerprint density at radius 3 is 1.19 bits per heavy atom. The lowest BCUT2D eigenvalue weighted by Gasteiger charge is -2.46. The van der Waals surface area contributed by atoms with E-state index in [4.69, 9.17) is 0 Å². The van der Waals surface area contributed by atoms with Crippen molar-refractivity contribution >= 4 is 130 Å². The minimum Gasteiger partial charge on any atom is -0.311 e. The average molecular weight is 984 g/mol. The largest absolute Gasteiger partial charge is 0.311 e. The molecule has 15 rings (SSSR count). The van der Waals surface area contributed by atoms with Crippen LogP contribution in [0.4, 0.5) is 51.2 Å². The van der Waals surface area contributed by atoms with E-state index in [1.807, 2.05) is 0 Å². The van der Waals surface area contributed by atoms with Gasteiger partial charge in [-0.05, 0) is 119 Å². The lowest BCUT2D eigenvalue weighted by Crippen LogP contribution is -2.62. The molecule has 5 aliphatic heterocycles. The highest BCUT2D eigenvalue weighted by atomic mass is 28.3. The molecule has 10 aromatic carbocycles. The number of hydrogen-bond donors (Lipinski definition) is 0. The maximum absolute atomic E-state index is 2.68. The van der Waals surface area contributed by atoms with Crippen molar-refractivity contribution in [2.75, 3.05) is 14.7 Å². The Morgan fingerprint density at radius 1 is 0.342 bits per heavy atom. The first kappa shape index (κ1) is 42.9. The normalized spacial score (nSPS) is 15.8. The molecule has 5 heterocycles. The Bertz CT molecular complexity index is 3800. The van der Waals surface area contributed by atoms with Crippen LogP contribution in [0.15, 0.2) is 218 Å². The van der Waals surface area contributed by atoms with Crippen molar-refractivity contribution in [3.63, 3.8) is 0 Å². The van der Waals surface area contributed by atoms with Gasteiger partial charge < -0.3 is 14.7 Å². The van der Waals surface area contributed by atoms with Crippen molar-refractivity contribution < 1.29 is 0 Å². The number of benzene rings is 10. The van der Waals surface area contributed by atoms with Crippen LogP contribution in [0.25, 0.3) is 33.4 Å². The maximum atomic E-state index is 2.68. The Morgan fingerprint density at radius 2 is 0.726 bits per heavy atom. The zero-order chi connectivity index (χ0) is 49.1. The van der Waals surface area contributed by atoms with Crippen LogP contribution in [-0.2, 0) is 0 Å². The van der Waals surface area contributed by atoms with Gasteiger partial charge in [0.15, 0.2) is 0 Å². The number of rotatable bonds is 5. The molecule has 0 spiro atoms. The van der Waals surface area contributed by atoms with E-state index in [0.29, 0.717) is 0 Å². The van der Waals surface area contributed by atoms with E-state index in [0.717, 1.165) is 11.4 Å². The average Bonchev–Trinajstić information content (AvgIpc) is 3.93. The molecule has 73 heavy (non-hydrogen) atoms. The summed E-state index contributed by atoms with van der Waals surface area (Å²) in [4.78, 5) is 7.95. The van der Waals surface area contributed by atoms with Gasteiger partial charge in [-0.25, -0.2) is 0 Å². The summed E-state index contributed by atoms with van der Waals surface area (Å²) in [7, 11) is -6.21. The van der Waals surface area contributed by atoms with Gasteiger partial charge in [-0.3, -0.25) is 0 Å². The monoisotopic (exact) mass is 983 g/mol. The molecule has 348 valence electrons. The van der Waals surface area contributed by atoms with Crippen molar-refractivity contribution in [3.8, 4) is 33.4 Å². The molecule has 10 aromatic rings. The van der Waals surface area contributed by atoms with E-state index < -0.39 is 24.2 Å². The zero-order valence-corrected chi connectivity index (χ0v) is 45.2. The third kappa shape index (κ3) is 5.70. The SMILES string of the molecule is C[Si]1(C)c2ccccc2-c2c(N(c3ccccc3)c3cc4c5c(c3)N(c3ccccc3)c3c(ccc6c3-c3ccccc3[Si]6(C)C)B5c3ccc5c(c3N4c3ccccc3)-c3ccccc3[Si]5(C)C)cccc21. The lowest BCUT2D eigenvalue weighted by atomic mass is 9.33. The van der Waals surface area contributed by atoms with Crippen molar-refractivity contribution in [2.24, 2.45) is 0 Å². The second kappa shape index (κ2) is 15.2. The standard InChI is InChI=1S/C66H54BN3Si3/c1-71(2)55-33-19-16-29-47(55)61-52(32-22-36-58(61)71)68(43-23-10-7-11-24-43)46-41-53-64-54(42-46)70(45-27-14-9-15-28-45)66-51(38-40-60-63(66)49-31-18-21-35-57(49)73(60,5)6)67(64)50-37-39-59-62(48-30-17-20-34-56(48)72(59,3)4)65(50)69(53)44-25-12-8-13-26-44/h7-42H,1-6H3. The summed E-state index contributed by atoms with van der Waals surface area (Å²) in [5, 5.41) is 9.07. The Balaban J connectivity index is 1.12. The van der Waals surface area contributed by atoms with Gasteiger partial charge in [-0.15, -0.1) is 0 Å². The smallest absolute Gasteiger partial charge is 0.252 e. The van der Waals surface area contributed by atoms with Crippen LogP contribution < -0.4 is 62.2 Å². The molecule has 0 unspecified atom stereocenters. The minimum atomic E-state index is -2.09. The first-order chi connectivity index (χ1) is 35.5. The van der Waals surface area contributed by atoms with E-state index >= 15 is 0 Å². The van der Waals surface area contributed by atoms with Crippen LogP contribution in [0.2, 0.25) is 39.3 Å². The van der Waals surface area contributed by atoms with Crippen LogP contribution in [0, 0.1) is 0 Å². The molecule has 0 amide bonds. The first-order valence-corrected chi connectivity index (χ1v) is 35.1. The van der Waals surface area contributed by atoms with Crippen LogP contribution in [0.5, 0.6) is 0 Å². The van der Waals surface area contributed by atoms with Gasteiger partial charge in [0.05, 0.1) is 11.4 Å². The fourth-order valence-electron chi connectivity index (χ4n) is 14.3. The molecule has 0 bridgehead atoms. The number of nitrogens with zero attached hydrogens (tertiary/aromatic N) is 3. The molecule has 7 heteroatoms. The molecule has 0 saturated carbocycles. The van der Waals surface area contributed by atoms with Gasteiger partial charge in [-0.2, -0.15) is 0 Å². The summed E-state index contributed by atoms with van der Waals surface area (Å²) in [6.07, 6.45) is 0. The van der Waals surface area contributed by atoms with Crippen LogP contribution >= 0.6 is 0 Å². The number of fused-ring (bicyclic) bond motifs is 15. The molecular weight excluding hydrogens is 930 g/mol. The molecule has 0 N–H and O–H groups in total. The van der Waals surface area contributed by atoms with E-state index in [1.165, 1.54) is 121 Å². The molecule has 0 saturated heterocycles. The summed E-state index contributed by atoms with van der Waals surface area (Å²) in [5.41, 5.74) is 23.3. The van der Waals surface area contributed by atoms with Gasteiger partial charge in [0.2, 0.25) is 0 Å². The topological polar surface area (TPSA) is 9.72 Å². The van der Waals surface area contributed by atoms with Crippen LogP contribution in [-0.4, -0.2) is 30.9 Å². The van der Waals surface area contributed by atoms with Gasteiger partial charge in [0.1, 0.15) is 24.2 Å². The number of para-hydroxylation sites is 3. The molecule has 3 nitrogen and oxygen atoms in total. The predicted molar refractivity (Wildman–Crippen MR) is 322 cm³/mol. The Kier molecular flexibility index (Phi) is 8.93. The van der Waals surface area contributed by atoms with E-state index in [1.54, 1.807) is 0 Å². The summed E-state index contributed by atoms with van der Waals surface area (Å²) in [6, 6.07) is 84.1. The van der Waals surface area contributed by atoms with E-state index in [-0.39, 0.29) is 6.71 Å². The molecular formula is C66H54BN3Si3. The van der Waals surface area contributed by atoms with Crippen molar-refractivity contribution in [1.29, 1.82) is 0 Å². The number of anilines is 9. The fraction of sp³-hybridized carbons (Fsp3) is 0.0909. The van der Waals surface area contributed by atoms with E-state index in [9.17, 15) is 0 Å². The van der Waals surface area contributed by atoms with Crippen molar-refractivity contribution in [2.45, 2.75) is 39.3 Å². The lowest BCUT2D eigenvalue weighted by molar-refractivity contribution is 1.23. The second-order valence-electron chi connectivity index (χ2n) is 22.4. The molecule has 0 aliphatic carbocycles. The summed E-state index contributed by atoms with van der Waals surface area (Å²) >= 11 is 0. The number of hydrogen-bond acceptors (Lipinski definition) is 3. The zero-order valence-electron chi connectivity index (χ0n) is 42.2. The highest BCUT2D eigenvalue weighted by Crippen LogP contribution is 2.53. The first-order valence-electron chi connectivity index (χ1n) is 26.1. The third-order valence-electron chi connectivity index (χ3n) is 17.6. The second-order valence-corrected chi connectivity index (χ2v) is 35.4. The van der Waals surface area contributed by atoms with Crippen molar-refractivity contribution in [3.05, 3.63) is 218 Å². The molecule has 0 aromatic heterocycles. The minimum absolute atomic E-state index is 0.0421. The molecule has 0 atom stereocenters. The van der Waals surface area contributed by atoms with Gasteiger partial charge in [0, 0.05) is 56.5 Å². The van der Waals surface area contributed by atoms with Crippen LogP contribution in [0.3, 0.4) is 0 Å². The maximum Gasteiger partial charge on any atom is 0.252 e. The van der Waals surface area contributed by atoms with Crippen molar-refractivity contribution in [1.82, 2.24) is 0 Å². The summed E-state index contributed by atoms with van der Waals surface area (Å²) < 4.78 is 0. The Labute approximate surface area is 432 Å². The molecule has 5 aliphatic rings. The quantitative estimate of drug-likeness (QED) is 0.159. The predicted octanol–water partition coefficient (Wildman–Crippen LogP) is 11.6. The van der Waals surface area contributed by atoms with E-state index in [2.05, 4.69) is 272 Å².